The zero-order valence-corrected chi connectivity index (χ0v) is 15.5. The molecule has 0 bridgehead atoms. The summed E-state index contributed by atoms with van der Waals surface area (Å²) < 4.78 is 10.9. The summed E-state index contributed by atoms with van der Waals surface area (Å²) in [5, 5.41) is 20.5. The number of allylic oxidation sites excluding steroid dienone is 1. The molecule has 2 N–H and O–H groups in total. The maximum atomic E-state index is 11.8. The summed E-state index contributed by atoms with van der Waals surface area (Å²) in [4.78, 5) is 11.8. The van der Waals surface area contributed by atoms with Crippen molar-refractivity contribution in [2.24, 2.45) is 22.7 Å². The average Bonchev–Trinajstić information content (AvgIpc) is 3.24. The van der Waals surface area contributed by atoms with Crippen LogP contribution in [0.5, 0.6) is 0 Å². The van der Waals surface area contributed by atoms with Crippen LogP contribution in [-0.2, 0) is 14.3 Å². The minimum atomic E-state index is -0.805. The Labute approximate surface area is 149 Å². The summed E-state index contributed by atoms with van der Waals surface area (Å²) in [6, 6.07) is 0. The first-order valence-electron chi connectivity index (χ1n) is 9.58. The molecule has 2 saturated heterocycles. The topological polar surface area (TPSA) is 79.3 Å². The van der Waals surface area contributed by atoms with E-state index < -0.39 is 12.1 Å². The van der Waals surface area contributed by atoms with Gasteiger partial charge in [-0.2, -0.15) is 0 Å². The number of rotatable bonds is 2. The van der Waals surface area contributed by atoms with Gasteiger partial charge in [0.05, 0.1) is 23.9 Å². The van der Waals surface area contributed by atoms with Crippen molar-refractivity contribution in [2.75, 3.05) is 13.2 Å². The first-order chi connectivity index (χ1) is 11.7. The molecule has 25 heavy (non-hydrogen) atoms. The summed E-state index contributed by atoms with van der Waals surface area (Å²) in [7, 11) is 0. The van der Waals surface area contributed by atoms with Gasteiger partial charge in [-0.3, -0.25) is 0 Å². The van der Waals surface area contributed by atoms with Gasteiger partial charge in [-0.25, -0.2) is 4.79 Å². The third kappa shape index (κ3) is 2.50. The highest BCUT2D eigenvalue weighted by Crippen LogP contribution is 2.66. The lowest BCUT2D eigenvalue weighted by atomic mass is 9.45. The fourth-order valence-electron chi connectivity index (χ4n) is 6.21. The monoisotopic (exact) mass is 350 g/mol. The van der Waals surface area contributed by atoms with Gasteiger partial charge in [-0.05, 0) is 54.8 Å². The molecule has 2 aliphatic carbocycles. The molecule has 140 valence electrons. The van der Waals surface area contributed by atoms with Gasteiger partial charge in [0, 0.05) is 0 Å². The van der Waals surface area contributed by atoms with Crippen molar-refractivity contribution in [2.45, 2.75) is 70.7 Å². The van der Waals surface area contributed by atoms with Crippen molar-refractivity contribution in [3.05, 3.63) is 11.6 Å². The van der Waals surface area contributed by atoms with Crippen molar-refractivity contribution >= 4 is 5.97 Å². The molecule has 2 aliphatic heterocycles. The van der Waals surface area contributed by atoms with Crippen molar-refractivity contribution in [1.29, 1.82) is 0 Å². The van der Waals surface area contributed by atoms with E-state index in [1.54, 1.807) is 0 Å². The molecule has 2 heterocycles. The van der Waals surface area contributed by atoms with Crippen LogP contribution in [0.1, 0.15) is 52.9 Å². The molecule has 0 aromatic carbocycles. The van der Waals surface area contributed by atoms with Gasteiger partial charge in [0.2, 0.25) is 0 Å². The van der Waals surface area contributed by atoms with E-state index in [1.807, 2.05) is 6.08 Å². The molecule has 5 heteroatoms. The fraction of sp³-hybridized carbons (Fsp3) is 0.850. The van der Waals surface area contributed by atoms with Crippen molar-refractivity contribution in [1.82, 2.24) is 0 Å². The first-order valence-corrected chi connectivity index (χ1v) is 9.58. The van der Waals surface area contributed by atoms with Gasteiger partial charge in [0.1, 0.15) is 12.7 Å². The number of cyclic esters (lactones) is 1. The van der Waals surface area contributed by atoms with E-state index in [2.05, 4.69) is 20.8 Å². The van der Waals surface area contributed by atoms with E-state index in [-0.39, 0.29) is 29.1 Å². The molecule has 4 rings (SSSR count). The van der Waals surface area contributed by atoms with E-state index >= 15 is 0 Å². The van der Waals surface area contributed by atoms with Crippen LogP contribution in [0.3, 0.4) is 0 Å². The van der Waals surface area contributed by atoms with Crippen LogP contribution < -0.4 is 0 Å². The highest BCUT2D eigenvalue weighted by Gasteiger charge is 2.66. The molecule has 0 aromatic heterocycles. The Hall–Kier alpha value is -0.910. The third-order valence-corrected chi connectivity index (χ3v) is 7.85. The quantitative estimate of drug-likeness (QED) is 0.453. The molecular weight excluding hydrogens is 320 g/mol. The predicted octanol–water partition coefficient (Wildman–Crippen LogP) is 2.20. The molecule has 0 radical (unpaired) electrons. The molecule has 6 atom stereocenters. The van der Waals surface area contributed by atoms with Gasteiger partial charge in [-0.15, -0.1) is 0 Å². The third-order valence-electron chi connectivity index (χ3n) is 7.85. The average molecular weight is 350 g/mol. The highest BCUT2D eigenvalue weighted by molar-refractivity contribution is 5.91. The predicted molar refractivity (Wildman–Crippen MR) is 91.7 cm³/mol. The van der Waals surface area contributed by atoms with Crippen molar-refractivity contribution in [3.63, 3.8) is 0 Å². The Morgan fingerprint density at radius 2 is 1.92 bits per heavy atom. The lowest BCUT2D eigenvalue weighted by molar-refractivity contribution is -0.153. The zero-order valence-electron chi connectivity index (χ0n) is 15.5. The summed E-state index contributed by atoms with van der Waals surface area (Å²) >= 11 is 0. The van der Waals surface area contributed by atoms with Crippen LogP contribution in [0.25, 0.3) is 0 Å². The number of carbonyl (C=O) groups excluding carboxylic acids is 1. The molecule has 0 amide bonds. The van der Waals surface area contributed by atoms with Gasteiger partial charge in [0.25, 0.3) is 0 Å². The first kappa shape index (κ1) is 17.5. The van der Waals surface area contributed by atoms with Crippen LogP contribution in [0, 0.1) is 22.7 Å². The summed E-state index contributed by atoms with van der Waals surface area (Å²) in [5.74, 6) is 0.344. The minimum absolute atomic E-state index is 0.0656. The Morgan fingerprint density at radius 1 is 1.20 bits per heavy atom. The normalized spacial score (nSPS) is 50.0. The molecule has 0 aromatic rings. The largest absolute Gasteiger partial charge is 0.459 e. The van der Waals surface area contributed by atoms with E-state index in [1.165, 1.54) is 0 Å². The van der Waals surface area contributed by atoms with Gasteiger partial charge < -0.3 is 19.7 Å². The summed E-state index contributed by atoms with van der Waals surface area (Å²) in [6.45, 7) is 7.59. The number of carbonyl (C=O) groups is 1. The van der Waals surface area contributed by atoms with E-state index in [9.17, 15) is 15.0 Å². The molecular formula is C20H30O5. The molecule has 0 unspecified atom stereocenters. The maximum absolute atomic E-state index is 11.8. The van der Waals surface area contributed by atoms with Gasteiger partial charge in [-0.1, -0.05) is 26.8 Å². The standard InChI is InChI=1S/C20H30O5/c1-18(2)14-6-9-20(11-25-20)15(19(14,3)8-7-16(18)22)5-4-12-13(21)10-24-17(12)23/h4,13-16,21-22H,5-11H2,1-3H3/b12-4-/t13-,14-,15-,16-,19-,20-/m0/s1. The second-order valence-corrected chi connectivity index (χ2v) is 9.39. The fourth-order valence-corrected chi connectivity index (χ4v) is 6.21. The molecule has 1 spiro atoms. The highest BCUT2D eigenvalue weighted by atomic mass is 16.6. The van der Waals surface area contributed by atoms with Crippen LogP contribution in [0.2, 0.25) is 0 Å². The van der Waals surface area contributed by atoms with Crippen LogP contribution in [-0.4, -0.2) is 47.2 Å². The van der Waals surface area contributed by atoms with Crippen LogP contribution >= 0.6 is 0 Å². The molecule has 4 fully saturated rings. The van der Waals surface area contributed by atoms with Gasteiger partial charge >= 0.3 is 5.97 Å². The number of hydrogen-bond donors (Lipinski definition) is 2. The van der Waals surface area contributed by atoms with Crippen molar-refractivity contribution < 1.29 is 24.5 Å². The number of esters is 1. The SMILES string of the molecule is CC1(C)[C@@H](O)CC[C@]2(C)[C@H](C/C=C3\C(=O)OC[C@@H]3O)[C@]3(CC[C@@H]12)CO3. The van der Waals surface area contributed by atoms with Crippen LogP contribution in [0.15, 0.2) is 11.6 Å². The number of epoxide rings is 1. The van der Waals surface area contributed by atoms with Crippen molar-refractivity contribution in [3.8, 4) is 0 Å². The number of aliphatic hydroxyl groups excluding tert-OH is 2. The van der Waals surface area contributed by atoms with E-state index in [4.69, 9.17) is 9.47 Å². The molecule has 2 saturated carbocycles. The molecule has 5 nitrogen and oxygen atoms in total. The summed E-state index contributed by atoms with van der Waals surface area (Å²) in [6.07, 6.45) is 5.44. The van der Waals surface area contributed by atoms with E-state index in [0.717, 1.165) is 38.7 Å². The lowest BCUT2D eigenvalue weighted by Crippen LogP contribution is -2.58. The maximum Gasteiger partial charge on any atom is 0.336 e. The van der Waals surface area contributed by atoms with Gasteiger partial charge in [0.15, 0.2) is 0 Å². The number of hydrogen-bond acceptors (Lipinski definition) is 5. The molecule has 4 aliphatic rings. The zero-order chi connectivity index (χ0) is 18.0. The smallest absolute Gasteiger partial charge is 0.336 e. The Kier molecular flexibility index (Phi) is 3.88. The number of fused-ring (bicyclic) bond motifs is 1. The second-order valence-electron chi connectivity index (χ2n) is 9.39. The second kappa shape index (κ2) is 5.54. The number of aliphatic hydroxyl groups is 2. The minimum Gasteiger partial charge on any atom is -0.459 e. The Morgan fingerprint density at radius 3 is 2.52 bits per heavy atom. The lowest BCUT2D eigenvalue weighted by Gasteiger charge is -2.60. The Bertz CT molecular complexity index is 605. The van der Waals surface area contributed by atoms with E-state index in [0.29, 0.717) is 17.4 Å². The van der Waals surface area contributed by atoms with Crippen LogP contribution in [0.4, 0.5) is 0 Å². The number of ether oxygens (including phenoxy) is 2. The summed E-state index contributed by atoms with van der Waals surface area (Å²) in [5.41, 5.74) is 0.285. The Balaban J connectivity index is 1.65.